The van der Waals surface area contributed by atoms with Gasteiger partial charge in [-0.15, -0.1) is 0 Å². The van der Waals surface area contributed by atoms with E-state index >= 15 is 0 Å². The summed E-state index contributed by atoms with van der Waals surface area (Å²) in [5, 5.41) is 21.4. The molecule has 0 fully saturated rings. The number of fused-ring (bicyclic) bond motifs is 1. The Kier molecular flexibility index (Phi) is 3.20. The van der Waals surface area contributed by atoms with Gasteiger partial charge < -0.3 is 0 Å². The number of hydrogen-bond donors (Lipinski definition) is 2. The summed E-state index contributed by atoms with van der Waals surface area (Å²) in [5.74, 6) is -0.429. The maximum Gasteiger partial charge on any atom is 0.214 e. The van der Waals surface area contributed by atoms with E-state index < -0.39 is 0 Å². The topological polar surface area (TPSA) is 117 Å². The number of aromatic nitrogens is 6. The molecule has 0 unspecified atom stereocenters. The van der Waals surface area contributed by atoms with Crippen molar-refractivity contribution in [3.05, 3.63) is 71.3 Å². The quantitative estimate of drug-likeness (QED) is 0.551. The molecular formula is C16H10N6O2. The van der Waals surface area contributed by atoms with E-state index in [-0.39, 0.29) is 23.0 Å². The van der Waals surface area contributed by atoms with Crippen LogP contribution in [-0.4, -0.2) is 42.4 Å². The van der Waals surface area contributed by atoms with E-state index in [0.29, 0.717) is 11.1 Å². The third-order valence-corrected chi connectivity index (χ3v) is 3.66. The number of H-pyrrole nitrogens is 2. The van der Waals surface area contributed by atoms with Crippen molar-refractivity contribution in [1.82, 2.24) is 30.8 Å². The van der Waals surface area contributed by atoms with Crippen molar-refractivity contribution < 1.29 is 9.59 Å². The van der Waals surface area contributed by atoms with E-state index in [1.807, 2.05) is 0 Å². The zero-order chi connectivity index (χ0) is 16.5. The van der Waals surface area contributed by atoms with Gasteiger partial charge in [0.2, 0.25) is 11.6 Å². The molecule has 0 aliphatic carbocycles. The lowest BCUT2D eigenvalue weighted by molar-refractivity contribution is 0.102. The molecule has 0 spiro atoms. The molecule has 2 heterocycles. The zero-order valence-corrected chi connectivity index (χ0v) is 12.2. The fraction of sp³-hybridized carbons (Fsp3) is 0. The van der Waals surface area contributed by atoms with Crippen LogP contribution < -0.4 is 0 Å². The van der Waals surface area contributed by atoms with E-state index in [9.17, 15) is 9.59 Å². The maximum absolute atomic E-state index is 12.3. The van der Waals surface area contributed by atoms with Gasteiger partial charge in [0, 0.05) is 11.1 Å². The first-order valence-corrected chi connectivity index (χ1v) is 7.07. The molecule has 0 saturated heterocycles. The lowest BCUT2D eigenvalue weighted by atomic mass is 9.99. The molecule has 0 amide bonds. The first-order chi connectivity index (χ1) is 11.7. The second-order valence-electron chi connectivity index (χ2n) is 5.15. The molecule has 0 bridgehead atoms. The number of benzene rings is 2. The molecule has 0 saturated carbocycles. The summed E-state index contributed by atoms with van der Waals surface area (Å²) in [6, 6.07) is 10.5. The first-order valence-electron chi connectivity index (χ1n) is 7.07. The largest absolute Gasteiger partial charge is 0.287 e. The molecule has 0 atom stereocenters. The van der Waals surface area contributed by atoms with Gasteiger partial charge in [-0.3, -0.25) is 9.59 Å². The third-order valence-electron chi connectivity index (χ3n) is 3.66. The molecule has 4 rings (SSSR count). The molecule has 2 aromatic heterocycles. The number of nitrogens with zero attached hydrogens (tertiary/aromatic N) is 4. The number of carbonyl (C=O) groups excluding carboxylic acids is 2. The van der Waals surface area contributed by atoms with Crippen molar-refractivity contribution in [1.29, 1.82) is 0 Å². The Balaban J connectivity index is 1.71. The Morgan fingerprint density at radius 2 is 1.17 bits per heavy atom. The van der Waals surface area contributed by atoms with Crippen molar-refractivity contribution in [2.45, 2.75) is 0 Å². The molecule has 2 N–H and O–H groups in total. The third kappa shape index (κ3) is 2.35. The Bertz CT molecular complexity index is 952. The van der Waals surface area contributed by atoms with Crippen molar-refractivity contribution in [2.75, 3.05) is 0 Å². The minimum Gasteiger partial charge on any atom is -0.287 e. The van der Waals surface area contributed by atoms with Crippen LogP contribution in [0, 0.1) is 0 Å². The van der Waals surface area contributed by atoms with Crippen LogP contribution in [0.3, 0.4) is 0 Å². The predicted molar refractivity (Wildman–Crippen MR) is 83.6 cm³/mol. The lowest BCUT2D eigenvalue weighted by Gasteiger charge is -2.04. The molecule has 0 aliphatic rings. The summed E-state index contributed by atoms with van der Waals surface area (Å²) < 4.78 is 0. The second kappa shape index (κ2) is 5.51. The first kappa shape index (κ1) is 13.9. The molecule has 8 nitrogen and oxygen atoms in total. The molecule has 2 aromatic carbocycles. The van der Waals surface area contributed by atoms with Gasteiger partial charge in [0.25, 0.3) is 0 Å². The van der Waals surface area contributed by atoms with Gasteiger partial charge in [-0.05, 0) is 22.9 Å². The van der Waals surface area contributed by atoms with Crippen LogP contribution in [0.1, 0.15) is 32.1 Å². The van der Waals surface area contributed by atoms with Crippen LogP contribution in [0.2, 0.25) is 0 Å². The van der Waals surface area contributed by atoms with Crippen molar-refractivity contribution in [2.24, 2.45) is 0 Å². The number of aromatic amines is 2. The van der Waals surface area contributed by atoms with Crippen LogP contribution >= 0.6 is 0 Å². The molecule has 116 valence electrons. The van der Waals surface area contributed by atoms with Crippen LogP contribution in [0.5, 0.6) is 0 Å². The Morgan fingerprint density at radius 3 is 1.54 bits per heavy atom. The van der Waals surface area contributed by atoms with E-state index in [1.165, 1.54) is 12.4 Å². The normalized spacial score (nSPS) is 10.8. The fourth-order valence-electron chi connectivity index (χ4n) is 2.45. The number of carbonyl (C=O) groups is 2. The monoisotopic (exact) mass is 318 g/mol. The maximum atomic E-state index is 12.3. The molecule has 0 radical (unpaired) electrons. The highest BCUT2D eigenvalue weighted by atomic mass is 16.1. The van der Waals surface area contributed by atoms with E-state index in [4.69, 9.17) is 0 Å². The van der Waals surface area contributed by atoms with Crippen molar-refractivity contribution in [3.63, 3.8) is 0 Å². The Labute approximate surface area is 134 Å². The molecule has 24 heavy (non-hydrogen) atoms. The molecule has 0 aliphatic heterocycles. The van der Waals surface area contributed by atoms with Gasteiger partial charge in [0.15, 0.2) is 11.4 Å². The predicted octanol–water partition coefficient (Wildman–Crippen LogP) is 1.54. The summed E-state index contributed by atoms with van der Waals surface area (Å²) in [7, 11) is 0. The van der Waals surface area contributed by atoms with Gasteiger partial charge in [-0.25, -0.2) is 0 Å². The van der Waals surface area contributed by atoms with E-state index in [1.54, 1.807) is 36.4 Å². The summed E-state index contributed by atoms with van der Waals surface area (Å²) in [4.78, 5) is 24.6. The van der Waals surface area contributed by atoms with E-state index in [0.717, 1.165) is 10.8 Å². The smallest absolute Gasteiger partial charge is 0.214 e. The van der Waals surface area contributed by atoms with Crippen LogP contribution in [-0.2, 0) is 0 Å². The Hall–Kier alpha value is -3.68. The van der Waals surface area contributed by atoms with Gasteiger partial charge in [-0.2, -0.15) is 30.8 Å². The van der Waals surface area contributed by atoms with Crippen LogP contribution in [0.4, 0.5) is 0 Å². The Morgan fingerprint density at radius 1 is 0.708 bits per heavy atom. The summed E-state index contributed by atoms with van der Waals surface area (Å²) in [6.45, 7) is 0. The van der Waals surface area contributed by atoms with Crippen LogP contribution in [0.25, 0.3) is 10.8 Å². The summed E-state index contributed by atoms with van der Waals surface area (Å²) >= 11 is 0. The number of nitrogens with one attached hydrogen (secondary N) is 2. The van der Waals surface area contributed by atoms with Crippen LogP contribution in [0.15, 0.2) is 48.8 Å². The van der Waals surface area contributed by atoms with Gasteiger partial charge in [-0.1, -0.05) is 24.3 Å². The highest BCUT2D eigenvalue weighted by Crippen LogP contribution is 2.20. The van der Waals surface area contributed by atoms with Gasteiger partial charge in [0.05, 0.1) is 12.4 Å². The molecular weight excluding hydrogens is 308 g/mol. The SMILES string of the molecule is O=C(c1ccc2cc(C(=O)c3cn[nH]n3)ccc2c1)c1cn[nH]n1. The number of rotatable bonds is 4. The molecule has 8 heteroatoms. The second-order valence-corrected chi connectivity index (χ2v) is 5.15. The van der Waals surface area contributed by atoms with Gasteiger partial charge >= 0.3 is 0 Å². The lowest BCUT2D eigenvalue weighted by Crippen LogP contribution is -2.03. The highest BCUT2D eigenvalue weighted by Gasteiger charge is 2.14. The fourth-order valence-corrected chi connectivity index (χ4v) is 2.45. The molecule has 4 aromatic rings. The summed E-state index contributed by atoms with van der Waals surface area (Å²) in [6.07, 6.45) is 2.76. The standard InChI is InChI=1S/C16H10N6O2/c23-15(13-7-17-21-19-13)11-3-1-9-5-12(4-2-10(9)6-11)16(24)14-8-18-22-20-14/h1-8H,(H,17,19,21)(H,18,20,22). The average Bonchev–Trinajstić information content (AvgIpc) is 3.33. The highest BCUT2D eigenvalue weighted by molar-refractivity contribution is 6.11. The minimum atomic E-state index is -0.214. The van der Waals surface area contributed by atoms with Crippen molar-refractivity contribution >= 4 is 22.3 Å². The number of hydrogen-bond acceptors (Lipinski definition) is 6. The zero-order valence-electron chi connectivity index (χ0n) is 12.2. The average molecular weight is 318 g/mol. The minimum absolute atomic E-state index is 0.214. The van der Waals surface area contributed by atoms with Gasteiger partial charge in [0.1, 0.15) is 0 Å². The van der Waals surface area contributed by atoms with Crippen molar-refractivity contribution in [3.8, 4) is 0 Å². The van der Waals surface area contributed by atoms with E-state index in [2.05, 4.69) is 30.8 Å². The number of ketones is 2. The summed E-state index contributed by atoms with van der Waals surface area (Å²) in [5.41, 5.74) is 1.53.